The third-order valence-electron chi connectivity index (χ3n) is 8.12. The Morgan fingerprint density at radius 3 is 1.36 bits per heavy atom. The molecule has 0 spiro atoms. The van der Waals surface area contributed by atoms with Crippen molar-refractivity contribution in [3.8, 4) is 0 Å². The quantitative estimate of drug-likeness (QED) is 0.0796. The molecule has 1 N–H and O–H groups in total. The van der Waals surface area contributed by atoms with Gasteiger partial charge < -0.3 is 36.8 Å². The predicted octanol–water partition coefficient (Wildman–Crippen LogP) is 6.78. The van der Waals surface area contributed by atoms with E-state index in [1.165, 1.54) is 64.2 Å². The van der Waals surface area contributed by atoms with E-state index in [-0.39, 0.29) is 0 Å². The van der Waals surface area contributed by atoms with Crippen molar-refractivity contribution in [1.82, 2.24) is 10.2 Å². The van der Waals surface area contributed by atoms with Crippen LogP contribution >= 0.6 is 0 Å². The van der Waals surface area contributed by atoms with Crippen LogP contribution in [0, 0.1) is 0 Å². The number of hydrogen-bond donors (Lipinski definition) is 1. The lowest BCUT2D eigenvalue weighted by Crippen LogP contribution is -2.50. The molecule has 0 aromatic rings. The molecule has 248 valence electrons. The second kappa shape index (κ2) is 22.0. The fourth-order valence-electron chi connectivity index (χ4n) is 6.32. The molecule has 2 saturated carbocycles. The minimum atomic E-state index is -2.72. The van der Waals surface area contributed by atoms with Crippen LogP contribution in [0.4, 0.5) is 0 Å². The van der Waals surface area contributed by atoms with Crippen LogP contribution < -0.4 is 5.32 Å². The topological polar surface area (TPSA) is 83.0 Å². The summed E-state index contributed by atoms with van der Waals surface area (Å²) in [6.07, 6.45) is 14.5. The maximum atomic E-state index is 6.19. The molecule has 0 aliphatic heterocycles. The molecule has 0 amide bonds. The van der Waals surface area contributed by atoms with Crippen molar-refractivity contribution < 1.29 is 26.6 Å². The predicted molar refractivity (Wildman–Crippen MR) is 176 cm³/mol. The van der Waals surface area contributed by atoms with Gasteiger partial charge >= 0.3 is 17.6 Å². The molecular weight excluding hydrogens is 567 g/mol. The highest BCUT2D eigenvalue weighted by Crippen LogP contribution is 2.24. The lowest BCUT2D eigenvalue weighted by molar-refractivity contribution is 0.0702. The Bertz CT molecular complexity index is 642. The first-order valence-electron chi connectivity index (χ1n) is 17.4. The standard InChI is InChI=1S/C31H65N3O6Si2/c1-7-35-41(36-8-2,37-9-3)27-19-25-34(26-20-28-42(38-10-4,39-11-5)40-12-6)31(32-29-21-15-13-16-22-29)33-30-23-17-14-18-24-30/h29-30H,7-28H2,1-6H3,(H,32,33). The SMILES string of the molecule is CCO[Si](CCCN(CCC[Si](OCC)(OCC)OCC)C(=NC1CCCCC1)NC1CCCCC1)(OCC)OCC. The van der Waals surface area contributed by atoms with E-state index in [4.69, 9.17) is 31.5 Å². The number of guanidine groups is 1. The maximum absolute atomic E-state index is 6.19. The summed E-state index contributed by atoms with van der Waals surface area (Å²) in [4.78, 5) is 7.94. The van der Waals surface area contributed by atoms with Gasteiger partial charge in [0.05, 0.1) is 6.04 Å². The zero-order valence-corrected chi connectivity index (χ0v) is 30.1. The summed E-state index contributed by atoms with van der Waals surface area (Å²) in [5, 5.41) is 3.96. The van der Waals surface area contributed by atoms with E-state index in [1.807, 2.05) is 41.5 Å². The van der Waals surface area contributed by atoms with E-state index in [0.717, 1.165) is 44.0 Å². The average Bonchev–Trinajstić information content (AvgIpc) is 2.98. The second-order valence-electron chi connectivity index (χ2n) is 11.4. The first kappa shape index (κ1) is 37.6. The molecule has 42 heavy (non-hydrogen) atoms. The first-order valence-corrected chi connectivity index (χ1v) is 21.3. The molecule has 2 aliphatic carbocycles. The van der Waals surface area contributed by atoms with E-state index in [0.29, 0.717) is 51.7 Å². The zero-order valence-electron chi connectivity index (χ0n) is 28.1. The molecule has 0 aromatic carbocycles. The molecule has 11 heteroatoms. The van der Waals surface area contributed by atoms with Crippen LogP contribution in [0.2, 0.25) is 12.1 Å². The Labute approximate surface area is 260 Å². The Balaban J connectivity index is 2.28. The molecule has 0 bridgehead atoms. The van der Waals surface area contributed by atoms with Gasteiger partial charge in [-0.15, -0.1) is 0 Å². The van der Waals surface area contributed by atoms with Crippen LogP contribution in [-0.2, 0) is 26.6 Å². The summed E-state index contributed by atoms with van der Waals surface area (Å²) in [6, 6.07) is 2.50. The zero-order chi connectivity index (χ0) is 30.5. The molecule has 0 heterocycles. The molecule has 0 aromatic heterocycles. The molecule has 2 aliphatic rings. The number of nitrogens with zero attached hydrogens (tertiary/aromatic N) is 2. The molecule has 9 nitrogen and oxygen atoms in total. The summed E-state index contributed by atoms with van der Waals surface area (Å²) < 4.78 is 37.1. The van der Waals surface area contributed by atoms with Crippen LogP contribution in [0.5, 0.6) is 0 Å². The van der Waals surface area contributed by atoms with Gasteiger partial charge in [0.2, 0.25) is 0 Å². The minimum Gasteiger partial charge on any atom is -0.374 e. The highest BCUT2D eigenvalue weighted by atomic mass is 28.4. The van der Waals surface area contributed by atoms with Crippen molar-refractivity contribution >= 4 is 23.6 Å². The van der Waals surface area contributed by atoms with E-state index in [1.54, 1.807) is 0 Å². The largest absolute Gasteiger partial charge is 0.500 e. The van der Waals surface area contributed by atoms with Gasteiger partial charge in [0.1, 0.15) is 0 Å². The highest BCUT2D eigenvalue weighted by Gasteiger charge is 2.41. The van der Waals surface area contributed by atoms with Crippen molar-refractivity contribution in [2.24, 2.45) is 4.99 Å². The minimum absolute atomic E-state index is 0.403. The number of hydrogen-bond acceptors (Lipinski definition) is 7. The molecule has 2 rings (SSSR count). The van der Waals surface area contributed by atoms with E-state index in [9.17, 15) is 0 Å². The third kappa shape index (κ3) is 13.6. The smallest absolute Gasteiger partial charge is 0.374 e. The van der Waals surface area contributed by atoms with Crippen molar-refractivity contribution in [1.29, 1.82) is 0 Å². The Hall–Kier alpha value is -0.536. The first-order chi connectivity index (χ1) is 20.5. The maximum Gasteiger partial charge on any atom is 0.500 e. The van der Waals surface area contributed by atoms with Crippen molar-refractivity contribution in [2.45, 2.75) is 143 Å². The summed E-state index contributed by atoms with van der Waals surface area (Å²) in [6.45, 7) is 17.5. The number of nitrogens with one attached hydrogen (secondary N) is 1. The van der Waals surface area contributed by atoms with E-state index >= 15 is 0 Å². The Kier molecular flexibility index (Phi) is 19.8. The van der Waals surface area contributed by atoms with Gasteiger partial charge in [0, 0.05) is 70.9 Å². The van der Waals surface area contributed by atoms with Crippen LogP contribution in [0.1, 0.15) is 119 Å². The summed E-state index contributed by atoms with van der Waals surface area (Å²) in [5.41, 5.74) is 0. The van der Waals surface area contributed by atoms with Gasteiger partial charge in [-0.25, -0.2) is 4.99 Å². The van der Waals surface area contributed by atoms with Gasteiger partial charge in [-0.3, -0.25) is 0 Å². The Morgan fingerprint density at radius 2 is 0.976 bits per heavy atom. The van der Waals surface area contributed by atoms with E-state index < -0.39 is 17.6 Å². The second-order valence-corrected chi connectivity index (χ2v) is 16.8. The van der Waals surface area contributed by atoms with E-state index in [2.05, 4.69) is 10.2 Å². The fourth-order valence-corrected chi connectivity index (χ4v) is 11.5. The lowest BCUT2D eigenvalue weighted by Gasteiger charge is -2.35. The van der Waals surface area contributed by atoms with Gasteiger partial charge in [-0.2, -0.15) is 0 Å². The van der Waals surface area contributed by atoms with Crippen LogP contribution in [0.15, 0.2) is 4.99 Å². The fraction of sp³-hybridized carbons (Fsp3) is 0.968. The number of rotatable bonds is 22. The summed E-state index contributed by atoms with van der Waals surface area (Å²) in [7, 11) is -5.43. The van der Waals surface area contributed by atoms with Gasteiger partial charge in [-0.1, -0.05) is 38.5 Å². The molecule has 0 saturated heterocycles. The average molecular weight is 632 g/mol. The van der Waals surface area contributed by atoms with Crippen LogP contribution in [-0.4, -0.2) is 93.3 Å². The molecule has 0 radical (unpaired) electrons. The van der Waals surface area contributed by atoms with Crippen molar-refractivity contribution in [3.05, 3.63) is 0 Å². The monoisotopic (exact) mass is 631 g/mol. The van der Waals surface area contributed by atoms with Crippen LogP contribution in [0.25, 0.3) is 0 Å². The van der Waals surface area contributed by atoms with Gasteiger partial charge in [-0.05, 0) is 80.1 Å². The summed E-state index contributed by atoms with van der Waals surface area (Å²) >= 11 is 0. The summed E-state index contributed by atoms with van der Waals surface area (Å²) in [5.74, 6) is 1.08. The van der Waals surface area contributed by atoms with Crippen molar-refractivity contribution in [2.75, 3.05) is 52.7 Å². The van der Waals surface area contributed by atoms with Gasteiger partial charge in [0.25, 0.3) is 0 Å². The number of aliphatic imine (C=N–C) groups is 1. The lowest BCUT2D eigenvalue weighted by atomic mass is 9.95. The third-order valence-corrected chi connectivity index (χ3v) is 14.4. The molecule has 0 atom stereocenters. The van der Waals surface area contributed by atoms with Crippen molar-refractivity contribution in [3.63, 3.8) is 0 Å². The van der Waals surface area contributed by atoms with Crippen LogP contribution in [0.3, 0.4) is 0 Å². The molecular formula is C31H65N3O6Si2. The highest BCUT2D eigenvalue weighted by molar-refractivity contribution is 6.61. The van der Waals surface area contributed by atoms with Gasteiger partial charge in [0.15, 0.2) is 5.96 Å². The molecule has 2 fully saturated rings. The molecule has 0 unspecified atom stereocenters. The Morgan fingerprint density at radius 1 is 0.595 bits per heavy atom. The normalized spacial score (nSPS) is 18.0.